The maximum atomic E-state index is 12.2. The van der Waals surface area contributed by atoms with Gasteiger partial charge in [0.15, 0.2) is 0 Å². The van der Waals surface area contributed by atoms with E-state index in [4.69, 9.17) is 15.2 Å². The summed E-state index contributed by atoms with van der Waals surface area (Å²) in [5.74, 6) is -1.49. The Morgan fingerprint density at radius 1 is 1.17 bits per heavy atom. The summed E-state index contributed by atoms with van der Waals surface area (Å²) in [6.07, 6.45) is -0.961. The largest absolute Gasteiger partial charge is 0.459 e. The van der Waals surface area contributed by atoms with Crippen molar-refractivity contribution in [2.45, 2.75) is 51.9 Å². The monoisotopic (exact) mass is 335 g/mol. The summed E-state index contributed by atoms with van der Waals surface area (Å²) in [5.41, 5.74) is 7.03. The zero-order valence-corrected chi connectivity index (χ0v) is 14.1. The standard InChI is InChI=1S/C17H23N2O5/c1-17(2,3)24-16(22)19-13(9-10-14(18)20)15(21)23-11-12-7-5-4-6-8-12/h4-8,13,18H,9-11H2,1-3H3,(H,19,22). The number of esters is 1. The Kier molecular flexibility index (Phi) is 7.23. The molecule has 2 amide bonds. The SMILES string of the molecule is CC(C)(C)OC(=O)NC(CCC([NH])=O)C(=O)OCc1ccccc1. The Hall–Kier alpha value is -2.57. The van der Waals surface area contributed by atoms with E-state index in [1.807, 2.05) is 18.2 Å². The van der Waals surface area contributed by atoms with Crippen LogP contribution in [0.3, 0.4) is 0 Å². The molecule has 0 saturated carbocycles. The number of carbonyl (C=O) groups excluding carboxylic acids is 3. The van der Waals surface area contributed by atoms with E-state index in [2.05, 4.69) is 5.32 Å². The second kappa shape index (κ2) is 8.90. The van der Waals surface area contributed by atoms with Crippen molar-refractivity contribution in [3.05, 3.63) is 35.9 Å². The summed E-state index contributed by atoms with van der Waals surface area (Å²) in [4.78, 5) is 34.8. The van der Waals surface area contributed by atoms with E-state index in [0.717, 1.165) is 5.56 Å². The van der Waals surface area contributed by atoms with Gasteiger partial charge in [0.25, 0.3) is 0 Å². The van der Waals surface area contributed by atoms with Gasteiger partial charge in [0.1, 0.15) is 18.2 Å². The normalized spacial score (nSPS) is 12.1. The fraction of sp³-hybridized carbons (Fsp3) is 0.471. The number of rotatable bonds is 7. The predicted octanol–water partition coefficient (Wildman–Crippen LogP) is 2.21. The Morgan fingerprint density at radius 3 is 2.33 bits per heavy atom. The lowest BCUT2D eigenvalue weighted by Crippen LogP contribution is -2.44. The van der Waals surface area contributed by atoms with Gasteiger partial charge in [0.2, 0.25) is 5.91 Å². The molecule has 1 atom stereocenters. The average molecular weight is 335 g/mol. The number of hydrogen-bond acceptors (Lipinski definition) is 5. The van der Waals surface area contributed by atoms with Crippen molar-refractivity contribution in [3.63, 3.8) is 0 Å². The molecule has 1 aromatic carbocycles. The number of nitrogens with one attached hydrogen (secondary N) is 2. The first-order chi connectivity index (χ1) is 11.2. The van der Waals surface area contributed by atoms with Gasteiger partial charge in [-0.1, -0.05) is 30.3 Å². The van der Waals surface area contributed by atoms with E-state index in [9.17, 15) is 14.4 Å². The number of alkyl carbamates (subject to hydrolysis) is 1. The van der Waals surface area contributed by atoms with Crippen molar-refractivity contribution in [2.24, 2.45) is 0 Å². The molecule has 24 heavy (non-hydrogen) atoms. The molecule has 0 heterocycles. The van der Waals surface area contributed by atoms with E-state index < -0.39 is 29.6 Å². The van der Waals surface area contributed by atoms with Gasteiger partial charge in [-0.05, 0) is 32.8 Å². The quantitative estimate of drug-likeness (QED) is 0.769. The van der Waals surface area contributed by atoms with Crippen LogP contribution in [0.25, 0.3) is 0 Å². The van der Waals surface area contributed by atoms with E-state index in [0.29, 0.717) is 0 Å². The van der Waals surface area contributed by atoms with Gasteiger partial charge in [-0.25, -0.2) is 9.59 Å². The first kappa shape index (κ1) is 19.5. The molecular weight excluding hydrogens is 312 g/mol. The maximum Gasteiger partial charge on any atom is 0.408 e. The van der Waals surface area contributed by atoms with Crippen LogP contribution in [0.5, 0.6) is 0 Å². The lowest BCUT2D eigenvalue weighted by molar-refractivity contribution is -0.147. The molecule has 0 aliphatic rings. The van der Waals surface area contributed by atoms with Crippen LogP contribution in [0.2, 0.25) is 0 Å². The molecule has 1 unspecified atom stereocenters. The van der Waals surface area contributed by atoms with E-state index in [1.54, 1.807) is 32.9 Å². The molecule has 1 rings (SSSR count). The molecule has 0 fully saturated rings. The van der Waals surface area contributed by atoms with Gasteiger partial charge >= 0.3 is 12.1 Å². The van der Waals surface area contributed by atoms with Gasteiger partial charge in [-0.2, -0.15) is 0 Å². The Bertz CT molecular complexity index is 566. The van der Waals surface area contributed by atoms with Crippen molar-refractivity contribution in [2.75, 3.05) is 0 Å². The van der Waals surface area contributed by atoms with Crippen molar-refractivity contribution in [1.82, 2.24) is 11.1 Å². The zero-order valence-electron chi connectivity index (χ0n) is 14.1. The topological polar surface area (TPSA) is 105 Å². The molecular formula is C17H23N2O5. The average Bonchev–Trinajstić information content (AvgIpc) is 2.48. The minimum absolute atomic E-state index is 0.0187. The molecule has 0 aliphatic carbocycles. The fourth-order valence-electron chi connectivity index (χ4n) is 1.80. The molecule has 0 aromatic heterocycles. The summed E-state index contributed by atoms with van der Waals surface area (Å²) in [6, 6.07) is 8.04. The molecule has 7 nitrogen and oxygen atoms in total. The highest BCUT2D eigenvalue weighted by molar-refractivity contribution is 5.82. The van der Waals surface area contributed by atoms with Crippen LogP contribution < -0.4 is 11.1 Å². The molecule has 1 aromatic rings. The van der Waals surface area contributed by atoms with Crippen LogP contribution in [0.15, 0.2) is 30.3 Å². The van der Waals surface area contributed by atoms with Crippen molar-refractivity contribution in [1.29, 1.82) is 0 Å². The number of carbonyl (C=O) groups is 3. The van der Waals surface area contributed by atoms with Crippen molar-refractivity contribution < 1.29 is 23.9 Å². The number of amides is 2. The predicted molar refractivity (Wildman–Crippen MR) is 86.7 cm³/mol. The molecule has 1 radical (unpaired) electrons. The summed E-state index contributed by atoms with van der Waals surface area (Å²) in [7, 11) is 0. The van der Waals surface area contributed by atoms with Crippen LogP contribution in [-0.2, 0) is 25.7 Å². The molecule has 0 saturated heterocycles. The molecule has 2 N–H and O–H groups in total. The molecule has 0 spiro atoms. The first-order valence-corrected chi connectivity index (χ1v) is 7.62. The highest BCUT2D eigenvalue weighted by atomic mass is 16.6. The Morgan fingerprint density at radius 2 is 1.79 bits per heavy atom. The minimum atomic E-state index is -1.04. The Labute approximate surface area is 141 Å². The molecule has 131 valence electrons. The fourth-order valence-corrected chi connectivity index (χ4v) is 1.80. The third-order valence-corrected chi connectivity index (χ3v) is 2.86. The summed E-state index contributed by atoms with van der Waals surface area (Å²) in [5, 5.41) is 2.39. The van der Waals surface area contributed by atoms with E-state index >= 15 is 0 Å². The third-order valence-electron chi connectivity index (χ3n) is 2.86. The number of hydrogen-bond donors (Lipinski definition) is 1. The second-order valence-corrected chi connectivity index (χ2v) is 6.25. The van der Waals surface area contributed by atoms with Crippen LogP contribution in [0.4, 0.5) is 4.79 Å². The molecule has 7 heteroatoms. The minimum Gasteiger partial charge on any atom is -0.459 e. The number of benzene rings is 1. The highest BCUT2D eigenvalue weighted by Gasteiger charge is 2.26. The van der Waals surface area contributed by atoms with Gasteiger partial charge < -0.3 is 14.8 Å². The van der Waals surface area contributed by atoms with Gasteiger partial charge in [0.05, 0.1) is 0 Å². The van der Waals surface area contributed by atoms with E-state index in [1.165, 1.54) is 0 Å². The maximum absolute atomic E-state index is 12.2. The van der Waals surface area contributed by atoms with Crippen LogP contribution >= 0.6 is 0 Å². The lowest BCUT2D eigenvalue weighted by Gasteiger charge is -2.22. The van der Waals surface area contributed by atoms with Crippen LogP contribution in [0.1, 0.15) is 39.2 Å². The number of ether oxygens (including phenoxy) is 2. The Balaban J connectivity index is 2.64. The van der Waals surface area contributed by atoms with Gasteiger partial charge in [-0.15, -0.1) is 0 Å². The third kappa shape index (κ3) is 8.17. The smallest absolute Gasteiger partial charge is 0.408 e. The second-order valence-electron chi connectivity index (χ2n) is 6.25. The molecule has 0 aliphatic heterocycles. The van der Waals surface area contributed by atoms with Gasteiger partial charge in [-0.3, -0.25) is 10.5 Å². The molecule has 0 bridgehead atoms. The summed E-state index contributed by atoms with van der Waals surface area (Å²) >= 11 is 0. The zero-order chi connectivity index (χ0) is 18.2. The van der Waals surface area contributed by atoms with Crippen molar-refractivity contribution in [3.8, 4) is 0 Å². The summed E-state index contributed by atoms with van der Waals surface area (Å²) < 4.78 is 10.3. The van der Waals surface area contributed by atoms with Crippen LogP contribution in [-0.4, -0.2) is 29.6 Å². The van der Waals surface area contributed by atoms with Crippen molar-refractivity contribution >= 4 is 18.0 Å². The first-order valence-electron chi connectivity index (χ1n) is 7.62. The highest BCUT2D eigenvalue weighted by Crippen LogP contribution is 2.09. The van der Waals surface area contributed by atoms with E-state index in [-0.39, 0.29) is 19.4 Å². The van der Waals surface area contributed by atoms with Crippen LogP contribution in [0, 0.1) is 0 Å². The lowest BCUT2D eigenvalue weighted by atomic mass is 10.1. The van der Waals surface area contributed by atoms with Gasteiger partial charge in [0, 0.05) is 6.42 Å². The summed E-state index contributed by atoms with van der Waals surface area (Å²) in [6.45, 7) is 5.15.